The molecule has 2 amide bonds. The van der Waals surface area contributed by atoms with Gasteiger partial charge in [0.2, 0.25) is 21.8 Å². The molecule has 2 rings (SSSR count). The normalized spacial score (nSPS) is 12.3. The fourth-order valence-electron chi connectivity index (χ4n) is 3.92. The van der Waals surface area contributed by atoms with Crippen molar-refractivity contribution in [3.8, 4) is 0 Å². The Morgan fingerprint density at radius 3 is 2.08 bits per heavy atom. The lowest BCUT2D eigenvalue weighted by Crippen LogP contribution is -2.52. The van der Waals surface area contributed by atoms with Crippen molar-refractivity contribution >= 4 is 50.7 Å². The van der Waals surface area contributed by atoms with Crippen molar-refractivity contribution in [3.63, 3.8) is 0 Å². The average Bonchev–Trinajstić information content (AvgIpc) is 2.83. The lowest BCUT2D eigenvalue weighted by molar-refractivity contribution is -0.140. The van der Waals surface area contributed by atoms with Gasteiger partial charge in [0.15, 0.2) is 0 Å². The summed E-state index contributed by atoms with van der Waals surface area (Å²) in [5.74, 6) is -0.568. The van der Waals surface area contributed by atoms with Crippen molar-refractivity contribution in [1.29, 1.82) is 0 Å². The fraction of sp³-hybridized carbons (Fsp3) is 0.481. The van der Waals surface area contributed by atoms with Crippen LogP contribution < -0.4 is 9.62 Å². The Kier molecular flexibility index (Phi) is 11.7. The predicted octanol–water partition coefficient (Wildman–Crippen LogP) is 5.61. The maximum absolute atomic E-state index is 13.8. The Bertz CT molecular complexity index is 1150. The van der Waals surface area contributed by atoms with Gasteiger partial charge in [-0.2, -0.15) is 0 Å². The summed E-state index contributed by atoms with van der Waals surface area (Å²) >= 11 is 12.8. The van der Waals surface area contributed by atoms with Crippen LogP contribution in [0.25, 0.3) is 0 Å². The predicted molar refractivity (Wildman–Crippen MR) is 152 cm³/mol. The van der Waals surface area contributed by atoms with Gasteiger partial charge in [0.25, 0.3) is 0 Å². The van der Waals surface area contributed by atoms with Gasteiger partial charge in [-0.3, -0.25) is 13.9 Å². The number of nitrogens with one attached hydrogen (secondary N) is 1. The first-order valence-corrected chi connectivity index (χ1v) is 15.1. The molecule has 0 saturated heterocycles. The van der Waals surface area contributed by atoms with Crippen molar-refractivity contribution in [2.24, 2.45) is 0 Å². The van der Waals surface area contributed by atoms with E-state index in [-0.39, 0.29) is 18.4 Å². The third-order valence-electron chi connectivity index (χ3n) is 6.13. The van der Waals surface area contributed by atoms with Crippen LogP contribution in [0.5, 0.6) is 0 Å². The van der Waals surface area contributed by atoms with E-state index in [2.05, 4.69) is 5.32 Å². The summed E-state index contributed by atoms with van der Waals surface area (Å²) in [6, 6.07) is 11.3. The van der Waals surface area contributed by atoms with Gasteiger partial charge in [-0.05, 0) is 48.6 Å². The number of hydrogen-bond donors (Lipinski definition) is 1. The van der Waals surface area contributed by atoms with Crippen LogP contribution in [0, 0.1) is 0 Å². The van der Waals surface area contributed by atoms with E-state index in [1.165, 1.54) is 4.90 Å². The quantitative estimate of drug-likeness (QED) is 0.318. The minimum Gasteiger partial charge on any atom is -0.354 e. The van der Waals surface area contributed by atoms with E-state index < -0.39 is 28.5 Å². The molecule has 0 heterocycles. The Labute approximate surface area is 231 Å². The highest BCUT2D eigenvalue weighted by molar-refractivity contribution is 7.92. The molecule has 0 spiro atoms. The summed E-state index contributed by atoms with van der Waals surface area (Å²) in [6.45, 7) is 7.88. The summed E-state index contributed by atoms with van der Waals surface area (Å²) in [6.07, 6.45) is 3.10. The number of halogens is 2. The van der Waals surface area contributed by atoms with Crippen LogP contribution >= 0.6 is 23.2 Å². The van der Waals surface area contributed by atoms with Gasteiger partial charge in [-0.25, -0.2) is 8.42 Å². The van der Waals surface area contributed by atoms with Crippen LogP contribution in [0.3, 0.4) is 0 Å². The lowest BCUT2D eigenvalue weighted by Gasteiger charge is -2.33. The van der Waals surface area contributed by atoms with Gasteiger partial charge in [0.1, 0.15) is 12.6 Å². The van der Waals surface area contributed by atoms with Gasteiger partial charge in [0.05, 0.1) is 11.9 Å². The number of carbonyl (C=O) groups excluding carboxylic acids is 2. The standard InChI is InChI=1S/C27H37Cl2N3O4S/c1-6-8-16-30-27(34)25(7-2)31(17-22-23(28)10-9-11-24(22)29)26(33)18-32(37(5,35)36)21-14-12-20(13-15-21)19(3)4/h9-15,19,25H,6-8,16-18H2,1-5H3,(H,30,34)/t25-/m0/s1. The minimum absolute atomic E-state index is 0.0407. The van der Waals surface area contributed by atoms with Crippen molar-refractivity contribution in [2.75, 3.05) is 23.7 Å². The number of amides is 2. The zero-order valence-electron chi connectivity index (χ0n) is 22.1. The zero-order chi connectivity index (χ0) is 27.8. The molecule has 0 fully saturated rings. The molecule has 204 valence electrons. The second-order valence-corrected chi connectivity index (χ2v) is 12.0. The first-order chi connectivity index (χ1) is 17.4. The van der Waals surface area contributed by atoms with Crippen LogP contribution in [0.4, 0.5) is 5.69 Å². The second-order valence-electron chi connectivity index (χ2n) is 9.31. The molecular formula is C27H37Cl2N3O4S. The van der Waals surface area contributed by atoms with Gasteiger partial charge in [-0.15, -0.1) is 0 Å². The van der Waals surface area contributed by atoms with Crippen molar-refractivity contribution in [1.82, 2.24) is 10.2 Å². The fourth-order valence-corrected chi connectivity index (χ4v) is 5.29. The molecule has 0 saturated carbocycles. The molecule has 0 bridgehead atoms. The first-order valence-electron chi connectivity index (χ1n) is 12.5. The molecule has 7 nitrogen and oxygen atoms in total. The highest BCUT2D eigenvalue weighted by Gasteiger charge is 2.32. The number of rotatable bonds is 13. The number of carbonyl (C=O) groups is 2. The summed E-state index contributed by atoms with van der Waals surface area (Å²) in [7, 11) is -3.81. The Morgan fingerprint density at radius 1 is 1.00 bits per heavy atom. The van der Waals surface area contributed by atoms with Crippen LogP contribution in [0.1, 0.15) is 64.0 Å². The van der Waals surface area contributed by atoms with E-state index in [0.29, 0.717) is 34.3 Å². The largest absolute Gasteiger partial charge is 0.354 e. The molecular weight excluding hydrogens is 533 g/mol. The minimum atomic E-state index is -3.81. The first kappa shape index (κ1) is 30.9. The molecule has 37 heavy (non-hydrogen) atoms. The number of sulfonamides is 1. The summed E-state index contributed by atoms with van der Waals surface area (Å²) in [5.41, 5.74) is 1.91. The molecule has 0 unspecified atom stereocenters. The summed E-state index contributed by atoms with van der Waals surface area (Å²) < 4.78 is 26.6. The maximum Gasteiger partial charge on any atom is 0.244 e. The molecule has 0 radical (unpaired) electrons. The van der Waals surface area contributed by atoms with E-state index in [9.17, 15) is 18.0 Å². The highest BCUT2D eigenvalue weighted by Crippen LogP contribution is 2.28. The van der Waals surface area contributed by atoms with Crippen molar-refractivity contribution in [2.45, 2.75) is 65.5 Å². The van der Waals surface area contributed by atoms with Gasteiger partial charge >= 0.3 is 0 Å². The van der Waals surface area contributed by atoms with Crippen LogP contribution in [0.15, 0.2) is 42.5 Å². The molecule has 1 atom stereocenters. The zero-order valence-corrected chi connectivity index (χ0v) is 24.5. The van der Waals surface area contributed by atoms with Gasteiger partial charge in [-0.1, -0.05) is 75.5 Å². The average molecular weight is 571 g/mol. The number of anilines is 1. The molecule has 0 aliphatic carbocycles. The Hall–Kier alpha value is -2.29. The third-order valence-corrected chi connectivity index (χ3v) is 7.98. The number of nitrogens with zero attached hydrogens (tertiary/aromatic N) is 2. The Balaban J connectivity index is 2.46. The lowest BCUT2D eigenvalue weighted by atomic mass is 10.0. The van der Waals surface area contributed by atoms with Crippen molar-refractivity contribution in [3.05, 3.63) is 63.6 Å². The van der Waals surface area contributed by atoms with E-state index >= 15 is 0 Å². The molecule has 0 aliphatic heterocycles. The molecule has 1 N–H and O–H groups in total. The molecule has 0 aliphatic rings. The molecule has 2 aromatic rings. The molecule has 0 aromatic heterocycles. The third kappa shape index (κ3) is 8.62. The smallest absolute Gasteiger partial charge is 0.244 e. The number of hydrogen-bond acceptors (Lipinski definition) is 4. The van der Waals surface area contributed by atoms with E-state index in [4.69, 9.17) is 23.2 Å². The van der Waals surface area contributed by atoms with Crippen molar-refractivity contribution < 1.29 is 18.0 Å². The van der Waals surface area contributed by atoms with Crippen LogP contribution in [-0.4, -0.2) is 50.5 Å². The van der Waals surface area contributed by atoms with Gasteiger partial charge < -0.3 is 10.2 Å². The molecule has 2 aromatic carbocycles. The SMILES string of the molecule is CCCCNC(=O)[C@H](CC)N(Cc1c(Cl)cccc1Cl)C(=O)CN(c1ccc(C(C)C)cc1)S(C)(=O)=O. The van der Waals surface area contributed by atoms with Crippen LogP contribution in [0.2, 0.25) is 10.0 Å². The number of benzene rings is 2. The van der Waals surface area contributed by atoms with E-state index in [0.717, 1.165) is 29.0 Å². The highest BCUT2D eigenvalue weighted by atomic mass is 35.5. The number of unbranched alkanes of at least 4 members (excludes halogenated alkanes) is 1. The molecule has 10 heteroatoms. The van der Waals surface area contributed by atoms with E-state index in [1.807, 2.05) is 32.9 Å². The second kappa shape index (κ2) is 14.0. The summed E-state index contributed by atoms with van der Waals surface area (Å²) in [5, 5.41) is 3.60. The van der Waals surface area contributed by atoms with E-state index in [1.54, 1.807) is 37.3 Å². The van der Waals surface area contributed by atoms with Gasteiger partial charge in [0, 0.05) is 28.7 Å². The topological polar surface area (TPSA) is 86.8 Å². The Morgan fingerprint density at radius 2 is 1.59 bits per heavy atom. The summed E-state index contributed by atoms with van der Waals surface area (Å²) in [4.78, 5) is 28.2. The maximum atomic E-state index is 13.8. The van der Waals surface area contributed by atoms with Crippen LogP contribution in [-0.2, 0) is 26.2 Å². The monoisotopic (exact) mass is 569 g/mol.